The Bertz CT molecular complexity index is 939. The Balaban J connectivity index is 2.08. The molecule has 1 heterocycles. The van der Waals surface area contributed by atoms with Gasteiger partial charge in [0, 0.05) is 30.0 Å². The second-order valence-corrected chi connectivity index (χ2v) is 7.31. The molecule has 1 aliphatic rings. The Labute approximate surface area is 171 Å². The molecule has 2 aromatic rings. The van der Waals surface area contributed by atoms with Crippen LogP contribution in [0.5, 0.6) is 0 Å². The van der Waals surface area contributed by atoms with E-state index >= 15 is 0 Å². The van der Waals surface area contributed by atoms with E-state index in [1.807, 2.05) is 12.1 Å². The third kappa shape index (κ3) is 3.99. The van der Waals surface area contributed by atoms with Crippen molar-refractivity contribution in [2.24, 2.45) is 0 Å². The predicted molar refractivity (Wildman–Crippen MR) is 108 cm³/mol. The summed E-state index contributed by atoms with van der Waals surface area (Å²) in [4.78, 5) is 38.0. The number of hydrogen-bond acceptors (Lipinski definition) is 4. The third-order valence-corrected chi connectivity index (χ3v) is 5.03. The second kappa shape index (κ2) is 8.39. The summed E-state index contributed by atoms with van der Waals surface area (Å²) in [5.74, 6) is -1.87. The Morgan fingerprint density at radius 3 is 2.36 bits per heavy atom. The number of halogens is 1. The van der Waals surface area contributed by atoms with Crippen LogP contribution in [-0.2, 0) is 14.4 Å². The van der Waals surface area contributed by atoms with E-state index in [0.717, 1.165) is 4.47 Å². The molecule has 1 saturated heterocycles. The van der Waals surface area contributed by atoms with Crippen LogP contribution in [0.2, 0.25) is 0 Å². The van der Waals surface area contributed by atoms with Crippen LogP contribution in [-0.4, -0.2) is 40.7 Å². The first kappa shape index (κ1) is 19.8. The van der Waals surface area contributed by atoms with Gasteiger partial charge in [-0.3, -0.25) is 14.4 Å². The predicted octanol–water partition coefficient (Wildman–Crippen LogP) is 3.01. The summed E-state index contributed by atoms with van der Waals surface area (Å²) < 4.78 is 0.856. The van der Waals surface area contributed by atoms with Gasteiger partial charge in [-0.15, -0.1) is 0 Å². The normalized spacial score (nSPS) is 18.4. The van der Waals surface area contributed by atoms with Gasteiger partial charge in [0.1, 0.15) is 5.76 Å². The molecule has 144 valence electrons. The lowest BCUT2D eigenvalue weighted by atomic mass is 9.95. The fraction of sp³-hybridized carbons (Fsp3) is 0.190. The summed E-state index contributed by atoms with van der Waals surface area (Å²) in [5.41, 5.74) is 1.20. The number of nitrogens with zero attached hydrogens (tertiary/aromatic N) is 1. The molecule has 3 rings (SSSR count). The van der Waals surface area contributed by atoms with Crippen molar-refractivity contribution in [2.75, 3.05) is 13.1 Å². The lowest BCUT2D eigenvalue weighted by molar-refractivity contribution is -0.139. The summed E-state index contributed by atoms with van der Waals surface area (Å²) in [6.07, 6.45) is 0. The fourth-order valence-corrected chi connectivity index (χ4v) is 3.47. The molecule has 1 aliphatic heterocycles. The van der Waals surface area contributed by atoms with E-state index in [-0.39, 0.29) is 30.3 Å². The molecule has 2 amide bonds. The van der Waals surface area contributed by atoms with E-state index in [4.69, 9.17) is 0 Å². The van der Waals surface area contributed by atoms with Gasteiger partial charge in [0.05, 0.1) is 11.6 Å². The highest BCUT2D eigenvalue weighted by Gasteiger charge is 2.45. The lowest BCUT2D eigenvalue weighted by Gasteiger charge is -2.25. The number of aliphatic hydroxyl groups excluding tert-OH is 1. The molecule has 2 N–H and O–H groups in total. The van der Waals surface area contributed by atoms with Crippen molar-refractivity contribution >= 4 is 39.3 Å². The first-order valence-electron chi connectivity index (χ1n) is 8.74. The van der Waals surface area contributed by atoms with Crippen molar-refractivity contribution in [3.05, 3.63) is 75.8 Å². The number of Topliss-reactive ketones (excluding diaryl/α,β-unsaturated/α-hetero) is 1. The van der Waals surface area contributed by atoms with E-state index in [0.29, 0.717) is 11.1 Å². The van der Waals surface area contributed by atoms with Crippen LogP contribution in [0.15, 0.2) is 64.6 Å². The van der Waals surface area contributed by atoms with Crippen molar-refractivity contribution in [3.63, 3.8) is 0 Å². The highest BCUT2D eigenvalue weighted by molar-refractivity contribution is 9.10. The average Bonchev–Trinajstić information content (AvgIpc) is 2.93. The van der Waals surface area contributed by atoms with Crippen LogP contribution in [0.25, 0.3) is 5.76 Å². The number of amides is 2. The number of ketones is 1. The first-order valence-corrected chi connectivity index (χ1v) is 9.53. The quantitative estimate of drug-likeness (QED) is 0.423. The zero-order valence-corrected chi connectivity index (χ0v) is 16.8. The molecule has 1 atom stereocenters. The van der Waals surface area contributed by atoms with Gasteiger partial charge in [0.25, 0.3) is 11.7 Å². The minimum atomic E-state index is -0.739. The monoisotopic (exact) mass is 442 g/mol. The van der Waals surface area contributed by atoms with Crippen LogP contribution in [0.1, 0.15) is 24.1 Å². The van der Waals surface area contributed by atoms with Gasteiger partial charge in [-0.05, 0) is 17.7 Å². The third-order valence-electron chi connectivity index (χ3n) is 4.50. The van der Waals surface area contributed by atoms with Gasteiger partial charge < -0.3 is 15.3 Å². The molecule has 0 bridgehead atoms. The van der Waals surface area contributed by atoms with Gasteiger partial charge in [-0.2, -0.15) is 0 Å². The van der Waals surface area contributed by atoms with Crippen molar-refractivity contribution in [2.45, 2.75) is 13.0 Å². The Morgan fingerprint density at radius 1 is 1.11 bits per heavy atom. The average molecular weight is 443 g/mol. The van der Waals surface area contributed by atoms with Gasteiger partial charge in [0.2, 0.25) is 5.91 Å². The van der Waals surface area contributed by atoms with E-state index < -0.39 is 17.7 Å². The molecular formula is C21H19BrN2O4. The van der Waals surface area contributed by atoms with Crippen LogP contribution in [0, 0.1) is 0 Å². The topological polar surface area (TPSA) is 86.7 Å². The molecule has 2 aromatic carbocycles. The lowest BCUT2D eigenvalue weighted by Crippen LogP contribution is -2.37. The molecule has 0 aromatic heterocycles. The number of benzene rings is 2. The standard InChI is InChI=1S/C21H19BrN2O4/c1-13(25)23-11-12-24-18(14-7-9-16(22)10-8-14)17(20(27)21(24)28)19(26)15-5-3-2-4-6-15/h2-10,18,26H,11-12H2,1H3,(H,23,25)/b19-17+/t18-/m0/s1. The van der Waals surface area contributed by atoms with Gasteiger partial charge in [-0.25, -0.2) is 0 Å². The van der Waals surface area contributed by atoms with Crippen LogP contribution < -0.4 is 5.32 Å². The highest BCUT2D eigenvalue weighted by atomic mass is 79.9. The maximum absolute atomic E-state index is 12.8. The minimum Gasteiger partial charge on any atom is -0.507 e. The molecule has 28 heavy (non-hydrogen) atoms. The zero-order chi connectivity index (χ0) is 20.3. The smallest absolute Gasteiger partial charge is 0.295 e. The van der Waals surface area contributed by atoms with Crippen molar-refractivity contribution < 1.29 is 19.5 Å². The van der Waals surface area contributed by atoms with E-state index in [1.165, 1.54) is 11.8 Å². The van der Waals surface area contributed by atoms with Crippen molar-refractivity contribution in [1.29, 1.82) is 0 Å². The summed E-state index contributed by atoms with van der Waals surface area (Å²) in [5, 5.41) is 13.5. The maximum Gasteiger partial charge on any atom is 0.295 e. The largest absolute Gasteiger partial charge is 0.507 e. The van der Waals surface area contributed by atoms with Crippen LogP contribution >= 0.6 is 15.9 Å². The Hall–Kier alpha value is -2.93. The van der Waals surface area contributed by atoms with Crippen molar-refractivity contribution in [3.8, 4) is 0 Å². The molecule has 0 spiro atoms. The maximum atomic E-state index is 12.8. The van der Waals surface area contributed by atoms with E-state index in [9.17, 15) is 19.5 Å². The van der Waals surface area contributed by atoms with E-state index in [2.05, 4.69) is 21.2 Å². The van der Waals surface area contributed by atoms with Gasteiger partial charge >= 0.3 is 0 Å². The van der Waals surface area contributed by atoms with Crippen LogP contribution in [0.3, 0.4) is 0 Å². The molecule has 7 heteroatoms. The molecule has 1 fully saturated rings. The number of aliphatic hydroxyl groups is 1. The Kier molecular flexibility index (Phi) is 5.94. The van der Waals surface area contributed by atoms with Gasteiger partial charge in [-0.1, -0.05) is 58.4 Å². The summed E-state index contributed by atoms with van der Waals surface area (Å²) >= 11 is 3.38. The highest BCUT2D eigenvalue weighted by Crippen LogP contribution is 2.39. The number of carbonyl (C=O) groups excluding carboxylic acids is 3. The summed E-state index contributed by atoms with van der Waals surface area (Å²) in [6, 6.07) is 15.1. The van der Waals surface area contributed by atoms with E-state index in [1.54, 1.807) is 42.5 Å². The van der Waals surface area contributed by atoms with Gasteiger partial charge in [0.15, 0.2) is 0 Å². The zero-order valence-electron chi connectivity index (χ0n) is 15.2. The molecule has 0 radical (unpaired) electrons. The minimum absolute atomic E-state index is 0.0429. The SMILES string of the molecule is CC(=O)NCCN1C(=O)C(=O)/C(=C(/O)c2ccccc2)[C@@H]1c1ccc(Br)cc1. The number of hydrogen-bond donors (Lipinski definition) is 2. The summed E-state index contributed by atoms with van der Waals surface area (Å²) in [7, 11) is 0. The first-order chi connectivity index (χ1) is 13.4. The number of carbonyl (C=O) groups is 3. The molecule has 0 unspecified atom stereocenters. The number of likely N-dealkylation sites (tertiary alicyclic amines) is 1. The number of rotatable bonds is 5. The number of nitrogens with one attached hydrogen (secondary N) is 1. The Morgan fingerprint density at radius 2 is 1.75 bits per heavy atom. The molecule has 0 saturated carbocycles. The molecule has 0 aliphatic carbocycles. The molecular weight excluding hydrogens is 424 g/mol. The fourth-order valence-electron chi connectivity index (χ4n) is 3.21. The second-order valence-electron chi connectivity index (χ2n) is 6.39. The van der Waals surface area contributed by atoms with Crippen molar-refractivity contribution in [1.82, 2.24) is 10.2 Å². The van der Waals surface area contributed by atoms with Crippen LogP contribution in [0.4, 0.5) is 0 Å². The summed E-state index contributed by atoms with van der Waals surface area (Å²) in [6.45, 7) is 1.74. The molecule has 6 nitrogen and oxygen atoms in total.